The van der Waals surface area contributed by atoms with Gasteiger partial charge in [0.15, 0.2) is 5.58 Å². The van der Waals surface area contributed by atoms with Crippen LogP contribution < -0.4 is 5.32 Å². The standard InChI is InChI=1S/C17H18N2O3/c1-10(2)16(20)11-5-3-4-6-12(11)19-17(21)14-9-15-13(18-14)7-8-22-15/h3-10,16,18,20H,1-2H3,(H,19,21). The van der Waals surface area contributed by atoms with Crippen molar-refractivity contribution in [2.45, 2.75) is 20.0 Å². The predicted molar refractivity (Wildman–Crippen MR) is 84.8 cm³/mol. The molecule has 3 aromatic rings. The van der Waals surface area contributed by atoms with Crippen LogP contribution in [0.1, 0.15) is 36.0 Å². The zero-order valence-corrected chi connectivity index (χ0v) is 12.5. The molecule has 0 fully saturated rings. The number of rotatable bonds is 4. The Kier molecular flexibility index (Phi) is 3.73. The van der Waals surface area contributed by atoms with E-state index in [1.807, 2.05) is 32.0 Å². The van der Waals surface area contributed by atoms with Gasteiger partial charge in [-0.05, 0) is 12.0 Å². The molecule has 2 aromatic heterocycles. The molecular formula is C17H18N2O3. The van der Waals surface area contributed by atoms with E-state index in [2.05, 4.69) is 10.3 Å². The van der Waals surface area contributed by atoms with Gasteiger partial charge in [-0.1, -0.05) is 32.0 Å². The maximum Gasteiger partial charge on any atom is 0.272 e. The summed E-state index contributed by atoms with van der Waals surface area (Å²) in [4.78, 5) is 15.4. The summed E-state index contributed by atoms with van der Waals surface area (Å²) in [6.45, 7) is 3.87. The van der Waals surface area contributed by atoms with Gasteiger partial charge in [0.2, 0.25) is 0 Å². The average molecular weight is 298 g/mol. The maximum atomic E-state index is 12.4. The largest absolute Gasteiger partial charge is 0.463 e. The Labute approximate surface area is 128 Å². The fourth-order valence-corrected chi connectivity index (χ4v) is 2.39. The molecule has 1 amide bonds. The molecule has 3 rings (SSSR count). The number of aliphatic hydroxyl groups excluding tert-OH is 1. The number of carbonyl (C=O) groups is 1. The van der Waals surface area contributed by atoms with Crippen molar-refractivity contribution in [3.05, 3.63) is 53.9 Å². The van der Waals surface area contributed by atoms with Crippen LogP contribution in [-0.4, -0.2) is 16.0 Å². The summed E-state index contributed by atoms with van der Waals surface area (Å²) in [6, 6.07) is 10.7. The van der Waals surface area contributed by atoms with Gasteiger partial charge in [0.05, 0.1) is 17.9 Å². The summed E-state index contributed by atoms with van der Waals surface area (Å²) >= 11 is 0. The second kappa shape index (κ2) is 5.69. The summed E-state index contributed by atoms with van der Waals surface area (Å²) in [5.74, 6) is -0.208. The number of amides is 1. The zero-order valence-electron chi connectivity index (χ0n) is 12.5. The van der Waals surface area contributed by atoms with Crippen LogP contribution in [0.4, 0.5) is 5.69 Å². The molecule has 0 aliphatic heterocycles. The number of para-hydroxylation sites is 1. The lowest BCUT2D eigenvalue weighted by Gasteiger charge is -2.18. The van der Waals surface area contributed by atoms with Crippen molar-refractivity contribution in [1.29, 1.82) is 0 Å². The van der Waals surface area contributed by atoms with Gasteiger partial charge in [0, 0.05) is 23.4 Å². The van der Waals surface area contributed by atoms with E-state index in [9.17, 15) is 9.90 Å². The third-order valence-electron chi connectivity index (χ3n) is 3.64. The SMILES string of the molecule is CC(C)C(O)c1ccccc1NC(=O)c1cc2occc2[nH]1. The van der Waals surface area contributed by atoms with Crippen LogP contribution >= 0.6 is 0 Å². The molecular weight excluding hydrogens is 280 g/mol. The maximum absolute atomic E-state index is 12.4. The summed E-state index contributed by atoms with van der Waals surface area (Å²) in [6.07, 6.45) is 0.938. The van der Waals surface area contributed by atoms with Crippen molar-refractivity contribution >= 4 is 22.7 Å². The number of H-pyrrole nitrogens is 1. The number of fused-ring (bicyclic) bond motifs is 1. The van der Waals surface area contributed by atoms with Gasteiger partial charge in [-0.25, -0.2) is 0 Å². The Morgan fingerprint density at radius 3 is 2.77 bits per heavy atom. The molecule has 0 aliphatic carbocycles. The number of furan rings is 1. The fraction of sp³-hybridized carbons (Fsp3) is 0.235. The molecule has 0 bridgehead atoms. The normalized spacial score (nSPS) is 12.7. The fourth-order valence-electron chi connectivity index (χ4n) is 2.39. The summed E-state index contributed by atoms with van der Waals surface area (Å²) in [5.41, 5.74) is 3.16. The van der Waals surface area contributed by atoms with Crippen molar-refractivity contribution in [2.24, 2.45) is 5.92 Å². The summed E-state index contributed by atoms with van der Waals surface area (Å²) in [5, 5.41) is 13.1. The number of hydrogen-bond donors (Lipinski definition) is 3. The molecule has 0 spiro atoms. The number of benzene rings is 1. The summed E-state index contributed by atoms with van der Waals surface area (Å²) in [7, 11) is 0. The topological polar surface area (TPSA) is 78.3 Å². The first-order chi connectivity index (χ1) is 10.6. The van der Waals surface area contributed by atoms with Gasteiger partial charge in [-0.15, -0.1) is 0 Å². The first-order valence-corrected chi connectivity index (χ1v) is 7.21. The highest BCUT2D eigenvalue weighted by molar-refractivity contribution is 6.05. The van der Waals surface area contributed by atoms with Crippen LogP contribution in [0.15, 0.2) is 47.1 Å². The molecule has 1 unspecified atom stereocenters. The molecule has 1 atom stereocenters. The Bertz CT molecular complexity index is 772. The van der Waals surface area contributed by atoms with Crippen LogP contribution in [-0.2, 0) is 0 Å². The van der Waals surface area contributed by atoms with E-state index in [-0.39, 0.29) is 11.8 Å². The van der Waals surface area contributed by atoms with Crippen molar-refractivity contribution < 1.29 is 14.3 Å². The smallest absolute Gasteiger partial charge is 0.272 e. The van der Waals surface area contributed by atoms with Crippen molar-refractivity contribution in [2.75, 3.05) is 5.32 Å². The molecule has 5 heteroatoms. The minimum absolute atomic E-state index is 0.0610. The van der Waals surface area contributed by atoms with E-state index in [4.69, 9.17) is 4.42 Å². The van der Waals surface area contributed by atoms with Crippen LogP contribution in [0.25, 0.3) is 11.1 Å². The molecule has 5 nitrogen and oxygen atoms in total. The van der Waals surface area contributed by atoms with Gasteiger partial charge >= 0.3 is 0 Å². The lowest BCUT2D eigenvalue weighted by atomic mass is 9.97. The van der Waals surface area contributed by atoms with E-state index in [1.54, 1.807) is 24.5 Å². The highest BCUT2D eigenvalue weighted by Crippen LogP contribution is 2.28. The monoisotopic (exact) mass is 298 g/mol. The number of hydrogen-bond acceptors (Lipinski definition) is 3. The molecule has 0 aliphatic rings. The average Bonchev–Trinajstić information content (AvgIpc) is 3.08. The molecule has 22 heavy (non-hydrogen) atoms. The van der Waals surface area contributed by atoms with Gasteiger partial charge < -0.3 is 19.8 Å². The predicted octanol–water partition coefficient (Wildman–Crippen LogP) is 3.70. The Morgan fingerprint density at radius 2 is 2.05 bits per heavy atom. The van der Waals surface area contributed by atoms with E-state index < -0.39 is 6.10 Å². The number of anilines is 1. The van der Waals surface area contributed by atoms with Crippen LogP contribution in [0.2, 0.25) is 0 Å². The molecule has 114 valence electrons. The lowest BCUT2D eigenvalue weighted by Crippen LogP contribution is -2.16. The number of aromatic nitrogens is 1. The number of aromatic amines is 1. The van der Waals surface area contributed by atoms with E-state index in [0.29, 0.717) is 22.5 Å². The first kappa shape index (κ1) is 14.4. The second-order valence-corrected chi connectivity index (χ2v) is 5.61. The van der Waals surface area contributed by atoms with Gasteiger partial charge in [-0.2, -0.15) is 0 Å². The van der Waals surface area contributed by atoms with Crippen molar-refractivity contribution in [3.8, 4) is 0 Å². The second-order valence-electron chi connectivity index (χ2n) is 5.61. The van der Waals surface area contributed by atoms with Crippen molar-refractivity contribution in [1.82, 2.24) is 4.98 Å². The first-order valence-electron chi connectivity index (χ1n) is 7.21. The van der Waals surface area contributed by atoms with E-state index in [0.717, 1.165) is 5.52 Å². The summed E-state index contributed by atoms with van der Waals surface area (Å²) < 4.78 is 5.24. The highest BCUT2D eigenvalue weighted by Gasteiger charge is 2.18. The third-order valence-corrected chi connectivity index (χ3v) is 3.64. The molecule has 2 heterocycles. The molecule has 0 saturated carbocycles. The molecule has 0 radical (unpaired) electrons. The van der Waals surface area contributed by atoms with Gasteiger partial charge in [0.25, 0.3) is 5.91 Å². The minimum Gasteiger partial charge on any atom is -0.463 e. The third kappa shape index (κ3) is 2.63. The number of nitrogens with one attached hydrogen (secondary N) is 2. The highest BCUT2D eigenvalue weighted by atomic mass is 16.3. The molecule has 3 N–H and O–H groups in total. The molecule has 0 saturated heterocycles. The van der Waals surface area contributed by atoms with Crippen LogP contribution in [0.5, 0.6) is 0 Å². The van der Waals surface area contributed by atoms with Crippen molar-refractivity contribution in [3.63, 3.8) is 0 Å². The number of carbonyl (C=O) groups excluding carboxylic acids is 1. The van der Waals surface area contributed by atoms with Crippen LogP contribution in [0, 0.1) is 5.92 Å². The lowest BCUT2D eigenvalue weighted by molar-refractivity contribution is 0.102. The molecule has 1 aromatic carbocycles. The Balaban J connectivity index is 1.86. The number of aliphatic hydroxyl groups is 1. The Morgan fingerprint density at radius 1 is 1.27 bits per heavy atom. The van der Waals surface area contributed by atoms with Gasteiger partial charge in [-0.3, -0.25) is 4.79 Å². The zero-order chi connectivity index (χ0) is 15.7. The van der Waals surface area contributed by atoms with Gasteiger partial charge in [0.1, 0.15) is 5.69 Å². The minimum atomic E-state index is -0.628. The Hall–Kier alpha value is -2.53. The van der Waals surface area contributed by atoms with E-state index in [1.165, 1.54) is 0 Å². The van der Waals surface area contributed by atoms with Crippen LogP contribution in [0.3, 0.4) is 0 Å². The quantitative estimate of drug-likeness (QED) is 0.687. The van der Waals surface area contributed by atoms with E-state index >= 15 is 0 Å².